The third kappa shape index (κ3) is 6.00. The molecule has 152 valence electrons. The van der Waals surface area contributed by atoms with Gasteiger partial charge in [-0.05, 0) is 55.8 Å². The zero-order valence-electron chi connectivity index (χ0n) is 16.7. The van der Waals surface area contributed by atoms with Crippen LogP contribution in [0.5, 0.6) is 11.5 Å². The van der Waals surface area contributed by atoms with Crippen molar-refractivity contribution in [2.45, 2.75) is 13.8 Å². The number of phenols is 1. The molecule has 30 heavy (non-hydrogen) atoms. The number of hydrogen-bond donors (Lipinski definition) is 2. The number of azo groups is 1. The van der Waals surface area contributed by atoms with E-state index in [9.17, 15) is 9.90 Å². The van der Waals surface area contributed by atoms with E-state index in [1.54, 1.807) is 12.1 Å². The van der Waals surface area contributed by atoms with Crippen LogP contribution in [0.25, 0.3) is 0 Å². The number of carbonyl (C=O) groups is 1. The standard InChI is InChI=1S/C23H22N4O3/c1-16-8-11-22(17(2)12-16)30-15-23(29)27-24-14-18-13-20(9-10-21(18)28)26-25-19-6-4-3-5-7-19/h3-14,28H,15H2,1-2H3,(H,27,29)/b24-14+,26-25?. The van der Waals surface area contributed by atoms with E-state index in [0.29, 0.717) is 17.0 Å². The molecular formula is C23H22N4O3. The lowest BCUT2D eigenvalue weighted by Crippen LogP contribution is -2.24. The summed E-state index contributed by atoms with van der Waals surface area (Å²) in [5.41, 5.74) is 6.12. The van der Waals surface area contributed by atoms with Gasteiger partial charge in [0.2, 0.25) is 0 Å². The molecule has 3 aromatic rings. The van der Waals surface area contributed by atoms with Crippen molar-refractivity contribution in [1.82, 2.24) is 5.43 Å². The lowest BCUT2D eigenvalue weighted by atomic mass is 10.1. The molecule has 0 atom stereocenters. The number of ether oxygens (including phenoxy) is 1. The largest absolute Gasteiger partial charge is 0.507 e. The van der Waals surface area contributed by atoms with Gasteiger partial charge in [-0.15, -0.1) is 0 Å². The Kier molecular flexibility index (Phi) is 6.89. The molecule has 1 amide bonds. The van der Waals surface area contributed by atoms with E-state index in [2.05, 4.69) is 20.8 Å². The Bertz CT molecular complexity index is 1080. The first kappa shape index (κ1) is 20.7. The molecule has 0 heterocycles. The van der Waals surface area contributed by atoms with Crippen LogP contribution in [0.3, 0.4) is 0 Å². The molecule has 0 aliphatic carbocycles. The predicted octanol–water partition coefficient (Wildman–Crippen LogP) is 4.95. The highest BCUT2D eigenvalue weighted by atomic mass is 16.5. The van der Waals surface area contributed by atoms with Gasteiger partial charge in [0, 0.05) is 5.56 Å². The second kappa shape index (κ2) is 9.97. The maximum atomic E-state index is 12.0. The first-order valence-corrected chi connectivity index (χ1v) is 9.33. The number of aryl methyl sites for hydroxylation is 2. The van der Waals surface area contributed by atoms with Gasteiger partial charge in [-0.2, -0.15) is 15.3 Å². The number of rotatable bonds is 7. The molecule has 0 spiro atoms. The molecule has 0 bridgehead atoms. The average molecular weight is 402 g/mol. The number of hydrogen-bond acceptors (Lipinski definition) is 6. The second-order valence-electron chi connectivity index (χ2n) is 6.63. The van der Waals surface area contributed by atoms with Gasteiger partial charge < -0.3 is 9.84 Å². The molecule has 0 saturated heterocycles. The summed E-state index contributed by atoms with van der Waals surface area (Å²) in [4.78, 5) is 12.0. The number of carbonyl (C=O) groups excluding carboxylic acids is 1. The first-order valence-electron chi connectivity index (χ1n) is 9.33. The van der Waals surface area contributed by atoms with E-state index >= 15 is 0 Å². The number of benzene rings is 3. The molecule has 0 aliphatic rings. The topological polar surface area (TPSA) is 95.6 Å². The molecule has 0 saturated carbocycles. The monoisotopic (exact) mass is 402 g/mol. The van der Waals surface area contributed by atoms with Crippen LogP contribution in [0.1, 0.15) is 16.7 Å². The van der Waals surface area contributed by atoms with Crippen LogP contribution < -0.4 is 10.2 Å². The van der Waals surface area contributed by atoms with Crippen molar-refractivity contribution in [3.63, 3.8) is 0 Å². The summed E-state index contributed by atoms with van der Waals surface area (Å²) in [5.74, 6) is 0.248. The molecule has 2 N–H and O–H groups in total. The van der Waals surface area contributed by atoms with Crippen LogP contribution in [0.2, 0.25) is 0 Å². The summed E-state index contributed by atoms with van der Waals surface area (Å²) < 4.78 is 5.51. The summed E-state index contributed by atoms with van der Waals surface area (Å²) >= 11 is 0. The van der Waals surface area contributed by atoms with Crippen molar-refractivity contribution >= 4 is 23.5 Å². The zero-order chi connectivity index (χ0) is 21.3. The molecule has 0 unspecified atom stereocenters. The van der Waals surface area contributed by atoms with Crippen LogP contribution in [-0.2, 0) is 4.79 Å². The van der Waals surface area contributed by atoms with Crippen LogP contribution in [0, 0.1) is 13.8 Å². The first-order chi connectivity index (χ1) is 14.5. The van der Waals surface area contributed by atoms with Gasteiger partial charge in [-0.3, -0.25) is 4.79 Å². The van der Waals surface area contributed by atoms with E-state index < -0.39 is 5.91 Å². The minimum atomic E-state index is -0.411. The van der Waals surface area contributed by atoms with Crippen LogP contribution in [0.15, 0.2) is 82.1 Å². The maximum absolute atomic E-state index is 12.0. The highest BCUT2D eigenvalue weighted by Gasteiger charge is 2.05. The van der Waals surface area contributed by atoms with Crippen molar-refractivity contribution in [2.75, 3.05) is 6.61 Å². The van der Waals surface area contributed by atoms with Gasteiger partial charge >= 0.3 is 0 Å². The normalized spacial score (nSPS) is 11.1. The van der Waals surface area contributed by atoms with E-state index in [0.717, 1.165) is 16.8 Å². The van der Waals surface area contributed by atoms with Gasteiger partial charge in [-0.1, -0.05) is 35.9 Å². The molecule has 0 aromatic heterocycles. The summed E-state index contributed by atoms with van der Waals surface area (Å²) in [6, 6.07) is 19.8. The van der Waals surface area contributed by atoms with E-state index in [1.165, 1.54) is 12.3 Å². The number of nitrogens with zero attached hydrogens (tertiary/aromatic N) is 3. The summed E-state index contributed by atoms with van der Waals surface area (Å²) in [7, 11) is 0. The fraction of sp³-hybridized carbons (Fsp3) is 0.130. The number of nitrogens with one attached hydrogen (secondary N) is 1. The summed E-state index contributed by atoms with van der Waals surface area (Å²) in [5, 5.41) is 22.1. The van der Waals surface area contributed by atoms with Crippen LogP contribution in [-0.4, -0.2) is 23.8 Å². The molecule has 3 aromatic carbocycles. The highest BCUT2D eigenvalue weighted by Crippen LogP contribution is 2.24. The minimum absolute atomic E-state index is 0.0122. The molecule has 0 radical (unpaired) electrons. The second-order valence-corrected chi connectivity index (χ2v) is 6.63. The maximum Gasteiger partial charge on any atom is 0.277 e. The van der Waals surface area contributed by atoms with Gasteiger partial charge in [0.05, 0.1) is 17.6 Å². The Labute approximate surface area is 174 Å². The van der Waals surface area contributed by atoms with E-state index in [1.807, 2.05) is 62.4 Å². The summed E-state index contributed by atoms with van der Waals surface area (Å²) in [6.45, 7) is 3.74. The summed E-state index contributed by atoms with van der Waals surface area (Å²) in [6.07, 6.45) is 1.34. The van der Waals surface area contributed by atoms with E-state index in [4.69, 9.17) is 4.74 Å². The third-order valence-electron chi connectivity index (χ3n) is 4.13. The van der Waals surface area contributed by atoms with Crippen molar-refractivity contribution in [2.24, 2.45) is 15.3 Å². The van der Waals surface area contributed by atoms with Crippen LogP contribution in [0.4, 0.5) is 11.4 Å². The lowest BCUT2D eigenvalue weighted by Gasteiger charge is -2.08. The van der Waals surface area contributed by atoms with Gasteiger partial charge in [0.15, 0.2) is 6.61 Å². The molecule has 3 rings (SSSR count). The molecule has 0 fully saturated rings. The Morgan fingerprint density at radius 2 is 1.77 bits per heavy atom. The Morgan fingerprint density at radius 3 is 2.53 bits per heavy atom. The zero-order valence-corrected chi connectivity index (χ0v) is 16.7. The minimum Gasteiger partial charge on any atom is -0.507 e. The van der Waals surface area contributed by atoms with Crippen LogP contribution >= 0.6 is 0 Å². The molecule has 0 aliphatic heterocycles. The Balaban J connectivity index is 1.57. The quantitative estimate of drug-likeness (QED) is 0.332. The Hall–Kier alpha value is -4.00. The fourth-order valence-electron chi connectivity index (χ4n) is 2.63. The SMILES string of the molecule is Cc1ccc(OCC(=O)N/N=C/c2cc(N=Nc3ccccc3)ccc2O)c(C)c1. The lowest BCUT2D eigenvalue weighted by molar-refractivity contribution is -0.123. The molecule has 7 nitrogen and oxygen atoms in total. The molecule has 7 heteroatoms. The van der Waals surface area contributed by atoms with Gasteiger partial charge in [-0.25, -0.2) is 5.43 Å². The van der Waals surface area contributed by atoms with E-state index in [-0.39, 0.29) is 12.4 Å². The third-order valence-corrected chi connectivity index (χ3v) is 4.13. The highest BCUT2D eigenvalue weighted by molar-refractivity contribution is 5.86. The number of hydrazone groups is 1. The fourth-order valence-corrected chi connectivity index (χ4v) is 2.63. The number of amides is 1. The van der Waals surface area contributed by atoms with Crippen molar-refractivity contribution < 1.29 is 14.6 Å². The predicted molar refractivity (Wildman–Crippen MR) is 116 cm³/mol. The van der Waals surface area contributed by atoms with Gasteiger partial charge in [0.1, 0.15) is 11.5 Å². The van der Waals surface area contributed by atoms with Crippen molar-refractivity contribution in [3.8, 4) is 11.5 Å². The average Bonchev–Trinajstić information content (AvgIpc) is 2.74. The number of aromatic hydroxyl groups is 1. The Morgan fingerprint density at radius 1 is 1.00 bits per heavy atom. The van der Waals surface area contributed by atoms with Crippen molar-refractivity contribution in [3.05, 3.63) is 83.4 Å². The van der Waals surface area contributed by atoms with Gasteiger partial charge in [0.25, 0.3) is 5.91 Å². The number of phenolic OH excluding ortho intramolecular Hbond substituents is 1. The smallest absolute Gasteiger partial charge is 0.277 e. The van der Waals surface area contributed by atoms with Crippen molar-refractivity contribution in [1.29, 1.82) is 0 Å². The molecular weight excluding hydrogens is 380 g/mol.